The first-order valence-electron chi connectivity index (χ1n) is 8.51. The van der Waals surface area contributed by atoms with Crippen molar-refractivity contribution < 1.29 is 19.1 Å². The van der Waals surface area contributed by atoms with Crippen LogP contribution in [0.1, 0.15) is 22.8 Å². The molecule has 0 fully saturated rings. The number of thiocarbonyl (C=S) groups is 1. The maximum Gasteiger partial charge on any atom is 0.276 e. The minimum absolute atomic E-state index is 0.0758. The second-order valence-corrected chi connectivity index (χ2v) is 7.46. The third kappa shape index (κ3) is 7.19. The van der Waals surface area contributed by atoms with Gasteiger partial charge in [-0.2, -0.15) is 0 Å². The maximum atomic E-state index is 12.4. The van der Waals surface area contributed by atoms with Gasteiger partial charge in [0.25, 0.3) is 11.8 Å². The summed E-state index contributed by atoms with van der Waals surface area (Å²) < 4.78 is 11.5. The summed E-state index contributed by atoms with van der Waals surface area (Å²) >= 11 is 14.3. The van der Waals surface area contributed by atoms with Crippen molar-refractivity contribution in [2.75, 3.05) is 13.2 Å². The van der Waals surface area contributed by atoms with E-state index < -0.39 is 11.8 Å². The lowest BCUT2D eigenvalue weighted by Crippen LogP contribution is -2.49. The molecule has 0 spiro atoms. The van der Waals surface area contributed by atoms with E-state index in [9.17, 15) is 9.59 Å². The van der Waals surface area contributed by atoms with Crippen molar-refractivity contribution in [3.8, 4) is 11.5 Å². The minimum Gasteiger partial charge on any atom is -0.493 e. The fourth-order valence-electron chi connectivity index (χ4n) is 2.18. The number of ether oxygens (including phenoxy) is 2. The second kappa shape index (κ2) is 11.0. The monoisotopic (exact) mass is 499 g/mol. The number of amides is 2. The number of aryl methyl sites for hydroxylation is 1. The number of carbonyl (C=O) groups is 2. The van der Waals surface area contributed by atoms with Gasteiger partial charge >= 0.3 is 0 Å². The van der Waals surface area contributed by atoms with E-state index in [1.54, 1.807) is 36.4 Å². The van der Waals surface area contributed by atoms with Gasteiger partial charge in [0, 0.05) is 9.50 Å². The van der Waals surface area contributed by atoms with Gasteiger partial charge < -0.3 is 9.47 Å². The minimum atomic E-state index is -0.480. The Morgan fingerprint density at radius 1 is 1.14 bits per heavy atom. The summed E-state index contributed by atoms with van der Waals surface area (Å²) in [6.07, 6.45) is 0. The molecular weight excluding hydrogens is 482 g/mol. The molecule has 29 heavy (non-hydrogen) atoms. The van der Waals surface area contributed by atoms with Gasteiger partial charge in [-0.25, -0.2) is 0 Å². The first-order valence-corrected chi connectivity index (χ1v) is 10.1. The molecule has 7 nitrogen and oxygen atoms in total. The van der Waals surface area contributed by atoms with Crippen LogP contribution < -0.4 is 25.6 Å². The topological polar surface area (TPSA) is 88.7 Å². The zero-order valence-electron chi connectivity index (χ0n) is 15.7. The van der Waals surface area contributed by atoms with Crippen LogP contribution >= 0.6 is 39.7 Å². The van der Waals surface area contributed by atoms with Crippen LogP contribution in [0.4, 0.5) is 0 Å². The summed E-state index contributed by atoms with van der Waals surface area (Å²) in [5, 5.41) is 3.01. The molecule has 0 heterocycles. The van der Waals surface area contributed by atoms with Crippen molar-refractivity contribution in [3.05, 3.63) is 57.0 Å². The van der Waals surface area contributed by atoms with E-state index in [-0.39, 0.29) is 11.7 Å². The predicted octanol–water partition coefficient (Wildman–Crippen LogP) is 3.52. The highest BCUT2D eigenvalue weighted by Crippen LogP contribution is 2.23. The highest BCUT2D eigenvalue weighted by atomic mass is 79.9. The van der Waals surface area contributed by atoms with Crippen LogP contribution in [0, 0.1) is 6.92 Å². The Bertz CT molecular complexity index is 926. The van der Waals surface area contributed by atoms with Crippen LogP contribution in [0.3, 0.4) is 0 Å². The predicted molar refractivity (Wildman–Crippen MR) is 118 cm³/mol. The second-order valence-electron chi connectivity index (χ2n) is 5.73. The van der Waals surface area contributed by atoms with Crippen LogP contribution in [-0.4, -0.2) is 30.1 Å². The number of hydrogen-bond donors (Lipinski definition) is 3. The standard InChI is InChI=1S/C19H19BrClN3O4S/c1-3-27-16-7-4-12(20)9-14(16)18(26)22-19(29)24-23-17(25)10-28-13-5-6-15(21)11(2)8-13/h4-9H,3,10H2,1-2H3,(H,23,25)(H2,22,24,26,29). The van der Waals surface area contributed by atoms with E-state index in [4.69, 9.17) is 33.3 Å². The summed E-state index contributed by atoms with van der Waals surface area (Å²) in [6, 6.07) is 10.1. The number of halogens is 2. The van der Waals surface area contributed by atoms with Gasteiger partial charge in [-0.05, 0) is 68.0 Å². The molecule has 0 radical (unpaired) electrons. The first kappa shape index (κ1) is 22.9. The van der Waals surface area contributed by atoms with Crippen molar-refractivity contribution in [1.29, 1.82) is 0 Å². The lowest BCUT2D eigenvalue weighted by molar-refractivity contribution is -0.123. The van der Waals surface area contributed by atoms with Crippen molar-refractivity contribution >= 4 is 56.7 Å². The molecule has 2 aromatic carbocycles. The quantitative estimate of drug-likeness (QED) is 0.415. The smallest absolute Gasteiger partial charge is 0.276 e. The highest BCUT2D eigenvalue weighted by molar-refractivity contribution is 9.10. The molecule has 2 rings (SSSR count). The van der Waals surface area contributed by atoms with E-state index in [1.165, 1.54) is 0 Å². The van der Waals surface area contributed by atoms with Crippen molar-refractivity contribution in [3.63, 3.8) is 0 Å². The van der Waals surface area contributed by atoms with E-state index in [0.29, 0.717) is 33.2 Å². The fraction of sp³-hybridized carbons (Fsp3) is 0.211. The van der Waals surface area contributed by atoms with Gasteiger partial charge in [0.05, 0.1) is 12.2 Å². The molecule has 0 aliphatic carbocycles. The number of carbonyl (C=O) groups excluding carboxylic acids is 2. The van der Waals surface area contributed by atoms with Crippen molar-refractivity contribution in [1.82, 2.24) is 16.2 Å². The molecule has 3 N–H and O–H groups in total. The zero-order valence-corrected chi connectivity index (χ0v) is 18.8. The Balaban J connectivity index is 1.83. The molecule has 0 unspecified atom stereocenters. The van der Waals surface area contributed by atoms with Crippen LogP contribution in [0.2, 0.25) is 5.02 Å². The van der Waals surface area contributed by atoms with Gasteiger partial charge in [0.1, 0.15) is 11.5 Å². The molecule has 0 bridgehead atoms. The van der Waals surface area contributed by atoms with Crippen LogP contribution in [-0.2, 0) is 4.79 Å². The molecule has 2 aromatic rings. The number of hydrazine groups is 1. The lowest BCUT2D eigenvalue weighted by atomic mass is 10.2. The third-order valence-corrected chi connectivity index (χ3v) is 4.65. The third-order valence-electron chi connectivity index (χ3n) is 3.53. The largest absolute Gasteiger partial charge is 0.493 e. The maximum absolute atomic E-state index is 12.4. The molecular formula is C19H19BrClN3O4S. The Morgan fingerprint density at radius 3 is 2.59 bits per heavy atom. The van der Waals surface area contributed by atoms with E-state index in [2.05, 4.69) is 32.1 Å². The van der Waals surface area contributed by atoms with Crippen molar-refractivity contribution in [2.24, 2.45) is 0 Å². The molecule has 0 saturated carbocycles. The number of benzene rings is 2. The van der Waals surface area contributed by atoms with Crippen LogP contribution in [0.15, 0.2) is 40.9 Å². The molecule has 0 saturated heterocycles. The molecule has 0 aliphatic heterocycles. The van der Waals surface area contributed by atoms with E-state index in [0.717, 1.165) is 5.56 Å². The number of rotatable bonds is 6. The Labute approximate surface area is 187 Å². The Kier molecular flexibility index (Phi) is 8.69. The summed E-state index contributed by atoms with van der Waals surface area (Å²) in [5.74, 6) is -0.0243. The lowest BCUT2D eigenvalue weighted by Gasteiger charge is -2.13. The first-order chi connectivity index (χ1) is 13.8. The van der Waals surface area contributed by atoms with Crippen LogP contribution in [0.5, 0.6) is 11.5 Å². The molecule has 0 aromatic heterocycles. The Morgan fingerprint density at radius 2 is 1.90 bits per heavy atom. The number of hydrogen-bond acceptors (Lipinski definition) is 5. The summed E-state index contributed by atoms with van der Waals surface area (Å²) in [7, 11) is 0. The van der Waals surface area contributed by atoms with E-state index in [1.807, 2.05) is 13.8 Å². The van der Waals surface area contributed by atoms with Gasteiger partial charge in [-0.3, -0.25) is 25.8 Å². The molecule has 10 heteroatoms. The zero-order chi connectivity index (χ0) is 21.4. The number of nitrogens with one attached hydrogen (secondary N) is 3. The molecule has 0 atom stereocenters. The average Bonchev–Trinajstić information content (AvgIpc) is 2.68. The SMILES string of the molecule is CCOc1ccc(Br)cc1C(=O)NC(=S)NNC(=O)COc1ccc(Cl)c(C)c1. The van der Waals surface area contributed by atoms with E-state index >= 15 is 0 Å². The molecule has 154 valence electrons. The van der Waals surface area contributed by atoms with Gasteiger partial charge in [-0.15, -0.1) is 0 Å². The van der Waals surface area contributed by atoms with Gasteiger partial charge in [-0.1, -0.05) is 27.5 Å². The summed E-state index contributed by atoms with van der Waals surface area (Å²) in [6.45, 7) is 3.82. The van der Waals surface area contributed by atoms with Gasteiger partial charge in [0.15, 0.2) is 11.7 Å². The highest BCUT2D eigenvalue weighted by Gasteiger charge is 2.15. The molecule has 0 aliphatic rings. The summed E-state index contributed by atoms with van der Waals surface area (Å²) in [4.78, 5) is 24.3. The van der Waals surface area contributed by atoms with Gasteiger partial charge in [0.2, 0.25) is 0 Å². The van der Waals surface area contributed by atoms with Crippen molar-refractivity contribution in [2.45, 2.75) is 13.8 Å². The van der Waals surface area contributed by atoms with Crippen LogP contribution in [0.25, 0.3) is 0 Å². The molecule has 2 amide bonds. The normalized spacial score (nSPS) is 10.1. The Hall–Kier alpha value is -2.36. The fourth-order valence-corrected chi connectivity index (χ4v) is 2.80. The summed E-state index contributed by atoms with van der Waals surface area (Å²) in [5.41, 5.74) is 5.94. The average molecular weight is 501 g/mol.